The zero-order valence-electron chi connectivity index (χ0n) is 17.1. The van der Waals surface area contributed by atoms with Crippen LogP contribution in [0, 0.1) is 17.0 Å². The molecule has 0 unspecified atom stereocenters. The number of nitrogens with one attached hydrogen (secondary N) is 1. The van der Waals surface area contributed by atoms with Crippen molar-refractivity contribution in [1.29, 1.82) is 0 Å². The second-order valence-corrected chi connectivity index (χ2v) is 7.93. The number of nitrogens with zero attached hydrogens (tertiary/aromatic N) is 2. The van der Waals surface area contributed by atoms with Crippen molar-refractivity contribution >= 4 is 29.0 Å². The molecule has 4 aromatic rings. The summed E-state index contributed by atoms with van der Waals surface area (Å²) in [6.07, 6.45) is 0. The molecule has 1 heterocycles. The number of rotatable bonds is 7. The average Bonchev–Trinajstić information content (AvgIpc) is 3.24. The number of aryl methyl sites for hydroxylation is 1. The van der Waals surface area contributed by atoms with Gasteiger partial charge in [-0.05, 0) is 18.6 Å². The van der Waals surface area contributed by atoms with Crippen LogP contribution in [-0.2, 0) is 4.79 Å². The normalized spacial score (nSPS) is 10.7. The van der Waals surface area contributed by atoms with E-state index in [1.807, 2.05) is 60.7 Å². The highest BCUT2D eigenvalue weighted by atomic mass is 32.2. The largest absolute Gasteiger partial charge is 0.431 e. The number of nitro benzene ring substituents is 1. The molecule has 0 radical (unpaired) electrons. The fourth-order valence-corrected chi connectivity index (χ4v) is 3.78. The third-order valence-electron chi connectivity index (χ3n) is 4.64. The molecular formula is C24H19N3O4S. The predicted octanol–water partition coefficient (Wildman–Crippen LogP) is 5.96. The van der Waals surface area contributed by atoms with E-state index in [-0.39, 0.29) is 23.0 Å². The molecule has 32 heavy (non-hydrogen) atoms. The highest BCUT2D eigenvalue weighted by Gasteiger charge is 2.19. The lowest BCUT2D eigenvalue weighted by molar-refractivity contribution is -0.384. The molecule has 0 atom stereocenters. The van der Waals surface area contributed by atoms with Crippen molar-refractivity contribution in [2.24, 2.45) is 0 Å². The second kappa shape index (κ2) is 9.49. The summed E-state index contributed by atoms with van der Waals surface area (Å²) < 4.78 is 6.00. The van der Waals surface area contributed by atoms with Gasteiger partial charge in [0.25, 0.3) is 10.9 Å². The summed E-state index contributed by atoms with van der Waals surface area (Å²) in [5.74, 6) is 0.227. The number of aromatic nitrogens is 1. The summed E-state index contributed by atoms with van der Waals surface area (Å²) in [7, 11) is 0. The van der Waals surface area contributed by atoms with E-state index in [1.54, 1.807) is 13.0 Å². The van der Waals surface area contributed by atoms with Crippen LogP contribution in [-0.4, -0.2) is 21.6 Å². The lowest BCUT2D eigenvalue weighted by Gasteiger charge is -2.05. The van der Waals surface area contributed by atoms with Crippen molar-refractivity contribution in [2.45, 2.75) is 12.1 Å². The first-order chi connectivity index (χ1) is 15.5. The van der Waals surface area contributed by atoms with Crippen LogP contribution in [0.25, 0.3) is 22.6 Å². The molecule has 0 aliphatic rings. The van der Waals surface area contributed by atoms with Crippen LogP contribution in [0.1, 0.15) is 5.56 Å². The minimum absolute atomic E-state index is 0.00595. The molecule has 1 aromatic heterocycles. The SMILES string of the molecule is Cc1ccc(NC(=O)CSc2nc(-c3ccccc3)c(-c3ccccc3)o2)c([N+](=O)[O-])c1. The zero-order chi connectivity index (χ0) is 22.5. The van der Waals surface area contributed by atoms with E-state index in [0.717, 1.165) is 28.5 Å². The standard InChI is InChI=1S/C24H19N3O4S/c1-16-12-13-19(20(14-16)27(29)30)25-21(28)15-32-24-26-22(17-8-4-2-5-9-17)23(31-24)18-10-6-3-7-11-18/h2-14H,15H2,1H3,(H,25,28). The van der Waals surface area contributed by atoms with Gasteiger partial charge >= 0.3 is 0 Å². The topological polar surface area (TPSA) is 98.3 Å². The first kappa shape index (κ1) is 21.3. The maximum Gasteiger partial charge on any atom is 0.293 e. The molecule has 3 aromatic carbocycles. The van der Waals surface area contributed by atoms with Crippen LogP contribution in [0.2, 0.25) is 0 Å². The monoisotopic (exact) mass is 445 g/mol. The summed E-state index contributed by atoms with van der Waals surface area (Å²) in [5.41, 5.74) is 3.23. The number of carbonyl (C=O) groups excluding carboxylic acids is 1. The van der Waals surface area contributed by atoms with Crippen molar-refractivity contribution in [3.8, 4) is 22.6 Å². The van der Waals surface area contributed by atoms with E-state index >= 15 is 0 Å². The smallest absolute Gasteiger partial charge is 0.293 e. The van der Waals surface area contributed by atoms with Gasteiger partial charge in [0, 0.05) is 17.2 Å². The Kier molecular flexibility index (Phi) is 6.32. The van der Waals surface area contributed by atoms with Crippen LogP contribution >= 0.6 is 11.8 Å². The number of anilines is 1. The maximum atomic E-state index is 12.5. The van der Waals surface area contributed by atoms with Crippen LogP contribution in [0.15, 0.2) is 88.5 Å². The van der Waals surface area contributed by atoms with Gasteiger partial charge in [-0.1, -0.05) is 78.5 Å². The molecule has 4 rings (SSSR count). The molecule has 0 aliphatic carbocycles. The van der Waals surface area contributed by atoms with Crippen LogP contribution in [0.5, 0.6) is 0 Å². The van der Waals surface area contributed by atoms with E-state index in [0.29, 0.717) is 16.7 Å². The van der Waals surface area contributed by atoms with Gasteiger partial charge < -0.3 is 9.73 Å². The lowest BCUT2D eigenvalue weighted by atomic mass is 10.1. The molecule has 0 spiro atoms. The van der Waals surface area contributed by atoms with Crippen molar-refractivity contribution in [3.05, 3.63) is 94.5 Å². The molecule has 0 saturated heterocycles. The highest BCUT2D eigenvalue weighted by molar-refractivity contribution is 7.99. The van der Waals surface area contributed by atoms with E-state index in [4.69, 9.17) is 4.42 Å². The van der Waals surface area contributed by atoms with Gasteiger partial charge in [0.15, 0.2) is 5.76 Å². The van der Waals surface area contributed by atoms with Gasteiger partial charge in [0.2, 0.25) is 5.91 Å². The number of amides is 1. The first-order valence-corrected chi connectivity index (χ1v) is 10.8. The van der Waals surface area contributed by atoms with Gasteiger partial charge in [-0.15, -0.1) is 0 Å². The predicted molar refractivity (Wildman–Crippen MR) is 125 cm³/mol. The fraction of sp³-hybridized carbons (Fsp3) is 0.0833. The molecule has 0 saturated carbocycles. The Hall–Kier alpha value is -3.91. The number of oxazole rings is 1. The van der Waals surface area contributed by atoms with E-state index in [1.165, 1.54) is 12.1 Å². The Morgan fingerprint density at radius 1 is 1.03 bits per heavy atom. The van der Waals surface area contributed by atoms with Crippen molar-refractivity contribution in [1.82, 2.24) is 4.98 Å². The zero-order valence-corrected chi connectivity index (χ0v) is 18.0. The third-order valence-corrected chi connectivity index (χ3v) is 5.47. The summed E-state index contributed by atoms with van der Waals surface area (Å²) in [6, 6.07) is 24.0. The van der Waals surface area contributed by atoms with Crippen molar-refractivity contribution < 1.29 is 14.1 Å². The number of hydrogen-bond donors (Lipinski definition) is 1. The molecule has 0 aliphatic heterocycles. The van der Waals surface area contributed by atoms with Crippen molar-refractivity contribution in [2.75, 3.05) is 11.1 Å². The van der Waals surface area contributed by atoms with Crippen LogP contribution in [0.3, 0.4) is 0 Å². The molecule has 0 fully saturated rings. The Bertz CT molecular complexity index is 1200. The average molecular weight is 446 g/mol. The Labute approximate surface area is 188 Å². The second-order valence-electron chi connectivity index (χ2n) is 7.00. The molecule has 7 nitrogen and oxygen atoms in total. The lowest BCUT2D eigenvalue weighted by Crippen LogP contribution is -2.15. The van der Waals surface area contributed by atoms with E-state index in [2.05, 4.69) is 10.3 Å². The van der Waals surface area contributed by atoms with E-state index < -0.39 is 4.92 Å². The quantitative estimate of drug-likeness (QED) is 0.214. The number of benzene rings is 3. The molecule has 8 heteroatoms. The third kappa shape index (κ3) is 4.87. The minimum atomic E-state index is -0.512. The van der Waals surface area contributed by atoms with Gasteiger partial charge in [-0.25, -0.2) is 4.98 Å². The number of hydrogen-bond acceptors (Lipinski definition) is 6. The summed E-state index contributed by atoms with van der Waals surface area (Å²) in [5, 5.41) is 14.2. The maximum absolute atomic E-state index is 12.5. The van der Waals surface area contributed by atoms with Gasteiger partial charge in [-0.3, -0.25) is 14.9 Å². The minimum Gasteiger partial charge on any atom is -0.431 e. The highest BCUT2D eigenvalue weighted by Crippen LogP contribution is 2.35. The van der Waals surface area contributed by atoms with Crippen LogP contribution < -0.4 is 5.32 Å². The number of carbonyl (C=O) groups is 1. The van der Waals surface area contributed by atoms with Gasteiger partial charge in [-0.2, -0.15) is 0 Å². The number of thioether (sulfide) groups is 1. The molecule has 160 valence electrons. The van der Waals surface area contributed by atoms with Crippen LogP contribution in [0.4, 0.5) is 11.4 Å². The first-order valence-electron chi connectivity index (χ1n) is 9.80. The summed E-state index contributed by atoms with van der Waals surface area (Å²) >= 11 is 1.13. The molecule has 0 bridgehead atoms. The van der Waals surface area contributed by atoms with Gasteiger partial charge in [0.05, 0.1) is 10.7 Å². The van der Waals surface area contributed by atoms with Crippen molar-refractivity contribution in [3.63, 3.8) is 0 Å². The summed E-state index contributed by atoms with van der Waals surface area (Å²) in [4.78, 5) is 27.8. The van der Waals surface area contributed by atoms with Gasteiger partial charge in [0.1, 0.15) is 11.4 Å². The molecule has 1 N–H and O–H groups in total. The Morgan fingerprint density at radius 2 is 1.69 bits per heavy atom. The Morgan fingerprint density at radius 3 is 2.34 bits per heavy atom. The molecule has 1 amide bonds. The molecular weight excluding hydrogens is 426 g/mol. The fourth-order valence-electron chi connectivity index (χ4n) is 3.15. The number of nitro groups is 1. The van der Waals surface area contributed by atoms with E-state index in [9.17, 15) is 14.9 Å². The summed E-state index contributed by atoms with van der Waals surface area (Å²) in [6.45, 7) is 1.76. The Balaban J connectivity index is 1.54.